The van der Waals surface area contributed by atoms with Gasteiger partial charge in [0.1, 0.15) is 0 Å². The molecule has 0 bridgehead atoms. The van der Waals surface area contributed by atoms with Gasteiger partial charge < -0.3 is 5.32 Å². The highest BCUT2D eigenvalue weighted by atomic mass is 32.2. The molecule has 0 fully saturated rings. The van der Waals surface area contributed by atoms with Crippen molar-refractivity contribution < 1.29 is 9.00 Å². The molecule has 3 nitrogen and oxygen atoms in total. The smallest absolute Gasteiger partial charge is 0.228 e. The summed E-state index contributed by atoms with van der Waals surface area (Å²) in [5.74, 6) is -0.0976. The van der Waals surface area contributed by atoms with Crippen LogP contribution in [0.1, 0.15) is 6.92 Å². The Kier molecular flexibility index (Phi) is 5.07. The highest BCUT2D eigenvalue weighted by Gasteiger charge is 2.17. The van der Waals surface area contributed by atoms with Gasteiger partial charge in [0.2, 0.25) is 5.91 Å². The lowest BCUT2D eigenvalue weighted by molar-refractivity contribution is -0.118. The molecule has 0 saturated heterocycles. The van der Waals surface area contributed by atoms with Gasteiger partial charge in [0, 0.05) is 22.3 Å². The molecule has 0 aromatic heterocycles. The van der Waals surface area contributed by atoms with Gasteiger partial charge in [0.25, 0.3) is 0 Å². The lowest BCUT2D eigenvalue weighted by Crippen LogP contribution is -2.25. The van der Waals surface area contributed by atoms with Crippen molar-refractivity contribution in [3.8, 4) is 0 Å². The summed E-state index contributed by atoms with van der Waals surface area (Å²) in [6.07, 6.45) is 0. The fourth-order valence-corrected chi connectivity index (χ4v) is 3.02. The summed E-state index contributed by atoms with van der Waals surface area (Å²) in [7, 11) is -1.15. The summed E-state index contributed by atoms with van der Waals surface area (Å²) < 4.78 is 12.1. The molecule has 1 amide bonds. The average molecular weight is 287 g/mol. The van der Waals surface area contributed by atoms with Crippen LogP contribution < -0.4 is 5.32 Å². The average Bonchev–Trinajstić information content (AvgIpc) is 2.49. The number of carbonyl (C=O) groups excluding carboxylic acids is 1. The Morgan fingerprint density at radius 1 is 1.05 bits per heavy atom. The van der Waals surface area contributed by atoms with E-state index in [4.69, 9.17) is 0 Å². The third-order valence-corrected chi connectivity index (χ3v) is 4.50. The zero-order valence-electron chi connectivity index (χ0n) is 11.3. The van der Waals surface area contributed by atoms with E-state index in [1.165, 1.54) is 0 Å². The molecule has 4 heteroatoms. The number of nitrogens with one attached hydrogen (secondary N) is 1. The molecule has 2 unspecified atom stereocenters. The first kappa shape index (κ1) is 14.5. The molecular formula is C16H17NO2S. The first-order chi connectivity index (χ1) is 9.66. The van der Waals surface area contributed by atoms with Crippen molar-refractivity contribution in [2.24, 2.45) is 5.92 Å². The van der Waals surface area contributed by atoms with E-state index in [1.54, 1.807) is 6.92 Å². The molecule has 2 aromatic carbocycles. The predicted molar refractivity (Wildman–Crippen MR) is 82.0 cm³/mol. The number of hydrogen-bond donors (Lipinski definition) is 1. The number of para-hydroxylation sites is 1. The fraction of sp³-hybridized carbons (Fsp3) is 0.188. The molecule has 1 N–H and O–H groups in total. The van der Waals surface area contributed by atoms with Gasteiger partial charge >= 0.3 is 0 Å². The van der Waals surface area contributed by atoms with E-state index >= 15 is 0 Å². The predicted octanol–water partition coefficient (Wildman–Crippen LogP) is 3.07. The minimum absolute atomic E-state index is 0.111. The summed E-state index contributed by atoms with van der Waals surface area (Å²) >= 11 is 0. The van der Waals surface area contributed by atoms with Gasteiger partial charge in [-0.15, -0.1) is 0 Å². The second-order valence-corrected chi connectivity index (χ2v) is 6.08. The Morgan fingerprint density at radius 2 is 1.60 bits per heavy atom. The second kappa shape index (κ2) is 7.01. The van der Waals surface area contributed by atoms with Gasteiger partial charge in [0.15, 0.2) is 0 Å². The van der Waals surface area contributed by atoms with Crippen LogP contribution in [0, 0.1) is 5.92 Å². The van der Waals surface area contributed by atoms with Crippen molar-refractivity contribution in [3.05, 3.63) is 60.7 Å². The highest BCUT2D eigenvalue weighted by Crippen LogP contribution is 2.12. The lowest BCUT2D eigenvalue weighted by atomic mass is 10.2. The van der Waals surface area contributed by atoms with Crippen molar-refractivity contribution in [3.63, 3.8) is 0 Å². The van der Waals surface area contributed by atoms with Crippen LogP contribution in [0.4, 0.5) is 5.69 Å². The summed E-state index contributed by atoms with van der Waals surface area (Å²) in [5, 5.41) is 2.83. The van der Waals surface area contributed by atoms with E-state index in [2.05, 4.69) is 5.32 Å². The van der Waals surface area contributed by atoms with E-state index in [0.717, 1.165) is 10.6 Å². The largest absolute Gasteiger partial charge is 0.326 e. The number of benzene rings is 2. The van der Waals surface area contributed by atoms with Crippen molar-refractivity contribution in [1.29, 1.82) is 0 Å². The fourth-order valence-electron chi connectivity index (χ4n) is 1.76. The summed E-state index contributed by atoms with van der Waals surface area (Å²) in [5.41, 5.74) is 0.759. The molecule has 0 saturated carbocycles. The molecule has 2 rings (SSSR count). The number of hydrogen-bond acceptors (Lipinski definition) is 2. The molecule has 0 heterocycles. The Hall–Kier alpha value is -1.94. The Morgan fingerprint density at radius 3 is 2.20 bits per heavy atom. The van der Waals surface area contributed by atoms with Gasteiger partial charge in [-0.1, -0.05) is 43.3 Å². The normalized spacial score (nSPS) is 13.4. The second-order valence-electron chi connectivity index (χ2n) is 4.58. The van der Waals surface area contributed by atoms with Crippen LogP contribution >= 0.6 is 0 Å². The molecule has 104 valence electrons. The first-order valence-corrected chi connectivity index (χ1v) is 7.78. The van der Waals surface area contributed by atoms with Crippen LogP contribution in [0.5, 0.6) is 0 Å². The van der Waals surface area contributed by atoms with E-state index in [1.807, 2.05) is 60.7 Å². The third-order valence-electron chi connectivity index (χ3n) is 2.90. The molecular weight excluding hydrogens is 270 g/mol. The number of amides is 1. The molecule has 0 radical (unpaired) electrons. The zero-order chi connectivity index (χ0) is 14.4. The maximum Gasteiger partial charge on any atom is 0.228 e. The topological polar surface area (TPSA) is 46.2 Å². The van der Waals surface area contributed by atoms with Gasteiger partial charge in [-0.3, -0.25) is 9.00 Å². The molecule has 2 aromatic rings. The maximum atomic E-state index is 12.1. The molecule has 0 aliphatic rings. The SMILES string of the molecule is CC(CS(=O)c1ccccc1)C(=O)Nc1ccccc1. The van der Waals surface area contributed by atoms with Crippen molar-refractivity contribution in [1.82, 2.24) is 0 Å². The van der Waals surface area contributed by atoms with Gasteiger partial charge in [-0.2, -0.15) is 0 Å². The highest BCUT2D eigenvalue weighted by molar-refractivity contribution is 7.85. The van der Waals surface area contributed by atoms with Gasteiger partial charge in [0.05, 0.1) is 10.8 Å². The van der Waals surface area contributed by atoms with Crippen LogP contribution in [0.2, 0.25) is 0 Å². The van der Waals surface area contributed by atoms with Gasteiger partial charge in [-0.05, 0) is 24.3 Å². The Bertz CT molecular complexity index is 584. The third kappa shape index (κ3) is 4.03. The van der Waals surface area contributed by atoms with Crippen LogP contribution in [-0.4, -0.2) is 15.9 Å². The summed E-state index contributed by atoms with van der Waals surface area (Å²) in [6.45, 7) is 1.79. The molecule has 0 aliphatic carbocycles. The minimum Gasteiger partial charge on any atom is -0.326 e. The van der Waals surface area contributed by atoms with Crippen molar-refractivity contribution in [2.45, 2.75) is 11.8 Å². The van der Waals surface area contributed by atoms with Crippen molar-refractivity contribution >= 4 is 22.4 Å². The molecule has 2 atom stereocenters. The summed E-state index contributed by atoms with van der Waals surface area (Å²) in [4.78, 5) is 12.8. The molecule has 0 spiro atoms. The van der Waals surface area contributed by atoms with Crippen LogP contribution in [-0.2, 0) is 15.6 Å². The monoisotopic (exact) mass is 287 g/mol. The van der Waals surface area contributed by atoms with Crippen LogP contribution in [0.15, 0.2) is 65.6 Å². The van der Waals surface area contributed by atoms with E-state index in [0.29, 0.717) is 5.75 Å². The summed E-state index contributed by atoms with van der Waals surface area (Å²) in [6, 6.07) is 18.5. The van der Waals surface area contributed by atoms with Crippen LogP contribution in [0.3, 0.4) is 0 Å². The molecule has 0 aliphatic heterocycles. The number of carbonyl (C=O) groups is 1. The van der Waals surface area contributed by atoms with E-state index < -0.39 is 10.8 Å². The minimum atomic E-state index is -1.15. The Labute approximate surface area is 121 Å². The van der Waals surface area contributed by atoms with Crippen molar-refractivity contribution in [2.75, 3.05) is 11.1 Å². The zero-order valence-corrected chi connectivity index (χ0v) is 12.1. The van der Waals surface area contributed by atoms with Crippen LogP contribution in [0.25, 0.3) is 0 Å². The number of anilines is 1. The molecule has 20 heavy (non-hydrogen) atoms. The maximum absolute atomic E-state index is 12.1. The Balaban J connectivity index is 1.93. The number of rotatable bonds is 5. The van der Waals surface area contributed by atoms with Gasteiger partial charge in [-0.25, -0.2) is 0 Å². The quantitative estimate of drug-likeness (QED) is 0.918. The lowest BCUT2D eigenvalue weighted by Gasteiger charge is -2.12. The standard InChI is InChI=1S/C16H17NO2S/c1-13(12-20(19)15-10-6-3-7-11-15)16(18)17-14-8-4-2-5-9-14/h2-11,13H,12H2,1H3,(H,17,18). The van der Waals surface area contributed by atoms with E-state index in [-0.39, 0.29) is 11.8 Å². The first-order valence-electron chi connectivity index (χ1n) is 6.46. The van der Waals surface area contributed by atoms with E-state index in [9.17, 15) is 9.00 Å².